The SMILES string of the molecule is CC.COc1nc(C(=O)O)ccc1Br. The van der Waals surface area contributed by atoms with Crippen LogP contribution in [0.25, 0.3) is 0 Å². The van der Waals surface area contributed by atoms with Gasteiger partial charge in [-0.05, 0) is 28.1 Å². The van der Waals surface area contributed by atoms with Crippen LogP contribution in [0.3, 0.4) is 0 Å². The molecule has 1 heterocycles. The lowest BCUT2D eigenvalue weighted by Crippen LogP contribution is -2.01. The highest BCUT2D eigenvalue weighted by molar-refractivity contribution is 9.10. The first-order chi connectivity index (χ1) is 6.65. The summed E-state index contributed by atoms with van der Waals surface area (Å²) in [6.45, 7) is 4.00. The number of carbonyl (C=O) groups is 1. The van der Waals surface area contributed by atoms with E-state index in [4.69, 9.17) is 9.84 Å². The highest BCUT2D eigenvalue weighted by atomic mass is 79.9. The number of ether oxygens (including phenoxy) is 1. The van der Waals surface area contributed by atoms with Crippen LogP contribution in [0.2, 0.25) is 0 Å². The number of carboxylic acid groups (broad SMARTS) is 1. The molecular formula is C9H12BrNO3. The van der Waals surface area contributed by atoms with Crippen molar-refractivity contribution in [2.24, 2.45) is 0 Å². The maximum atomic E-state index is 10.4. The molecule has 1 rings (SSSR count). The summed E-state index contributed by atoms with van der Waals surface area (Å²) in [4.78, 5) is 14.2. The Labute approximate surface area is 91.1 Å². The quantitative estimate of drug-likeness (QED) is 0.889. The number of hydrogen-bond donors (Lipinski definition) is 1. The Bertz CT molecular complexity index is 315. The van der Waals surface area contributed by atoms with E-state index in [2.05, 4.69) is 20.9 Å². The van der Waals surface area contributed by atoms with Gasteiger partial charge in [-0.3, -0.25) is 0 Å². The molecular weight excluding hydrogens is 250 g/mol. The first-order valence-corrected chi connectivity index (χ1v) is 4.88. The molecule has 0 bridgehead atoms. The highest BCUT2D eigenvalue weighted by Gasteiger charge is 2.08. The van der Waals surface area contributed by atoms with Crippen molar-refractivity contribution in [2.45, 2.75) is 13.8 Å². The highest BCUT2D eigenvalue weighted by Crippen LogP contribution is 2.21. The van der Waals surface area contributed by atoms with Crippen LogP contribution in [0, 0.1) is 0 Å². The van der Waals surface area contributed by atoms with E-state index in [0.717, 1.165) is 0 Å². The molecule has 1 N–H and O–H groups in total. The number of aromatic nitrogens is 1. The van der Waals surface area contributed by atoms with Crippen LogP contribution in [0.4, 0.5) is 0 Å². The topological polar surface area (TPSA) is 59.4 Å². The molecule has 14 heavy (non-hydrogen) atoms. The molecule has 0 radical (unpaired) electrons. The van der Waals surface area contributed by atoms with E-state index in [1.165, 1.54) is 13.2 Å². The molecule has 0 aliphatic rings. The van der Waals surface area contributed by atoms with Crippen molar-refractivity contribution in [3.8, 4) is 5.88 Å². The Morgan fingerprint density at radius 1 is 1.50 bits per heavy atom. The van der Waals surface area contributed by atoms with Crippen LogP contribution >= 0.6 is 15.9 Å². The zero-order valence-corrected chi connectivity index (χ0v) is 9.83. The van der Waals surface area contributed by atoms with Gasteiger partial charge in [0.05, 0.1) is 11.6 Å². The molecule has 1 aromatic heterocycles. The number of halogens is 1. The molecule has 1 aromatic rings. The molecule has 0 saturated carbocycles. The Morgan fingerprint density at radius 3 is 2.50 bits per heavy atom. The second kappa shape index (κ2) is 6.37. The van der Waals surface area contributed by atoms with Crippen LogP contribution < -0.4 is 4.74 Å². The summed E-state index contributed by atoms with van der Waals surface area (Å²) in [6.07, 6.45) is 0. The lowest BCUT2D eigenvalue weighted by atomic mass is 10.3. The second-order valence-electron chi connectivity index (χ2n) is 1.99. The largest absolute Gasteiger partial charge is 0.480 e. The third-order valence-electron chi connectivity index (χ3n) is 1.23. The molecule has 0 atom stereocenters. The first kappa shape index (κ1) is 12.9. The normalized spacial score (nSPS) is 8.57. The van der Waals surface area contributed by atoms with Gasteiger partial charge in [0.1, 0.15) is 0 Å². The van der Waals surface area contributed by atoms with Crippen molar-refractivity contribution < 1.29 is 14.6 Å². The van der Waals surface area contributed by atoms with E-state index in [0.29, 0.717) is 4.47 Å². The van der Waals surface area contributed by atoms with E-state index in [-0.39, 0.29) is 11.6 Å². The summed E-state index contributed by atoms with van der Waals surface area (Å²) in [6, 6.07) is 2.98. The molecule has 0 unspecified atom stereocenters. The fourth-order valence-electron chi connectivity index (χ4n) is 0.686. The monoisotopic (exact) mass is 261 g/mol. The van der Waals surface area contributed by atoms with Gasteiger partial charge in [-0.2, -0.15) is 0 Å². The molecule has 78 valence electrons. The van der Waals surface area contributed by atoms with E-state index in [1.54, 1.807) is 6.07 Å². The Kier molecular flexibility index (Phi) is 5.87. The first-order valence-electron chi connectivity index (χ1n) is 4.09. The van der Waals surface area contributed by atoms with Gasteiger partial charge in [-0.25, -0.2) is 9.78 Å². The Morgan fingerprint density at radius 2 is 2.07 bits per heavy atom. The van der Waals surface area contributed by atoms with Crippen LogP contribution in [-0.2, 0) is 0 Å². The number of aromatic carboxylic acids is 1. The average molecular weight is 262 g/mol. The third-order valence-corrected chi connectivity index (χ3v) is 1.83. The zero-order valence-electron chi connectivity index (χ0n) is 8.24. The molecule has 0 aromatic carbocycles. The van der Waals surface area contributed by atoms with Gasteiger partial charge in [0.15, 0.2) is 5.69 Å². The number of rotatable bonds is 2. The zero-order chi connectivity index (χ0) is 11.1. The van der Waals surface area contributed by atoms with Gasteiger partial charge in [-0.15, -0.1) is 0 Å². The maximum Gasteiger partial charge on any atom is 0.354 e. The molecule has 0 aliphatic heterocycles. The van der Waals surface area contributed by atoms with Gasteiger partial charge in [-0.1, -0.05) is 13.8 Å². The summed E-state index contributed by atoms with van der Waals surface area (Å²) in [7, 11) is 1.43. The van der Waals surface area contributed by atoms with Crippen molar-refractivity contribution in [3.05, 3.63) is 22.3 Å². The van der Waals surface area contributed by atoms with E-state index in [9.17, 15) is 4.79 Å². The fraction of sp³-hybridized carbons (Fsp3) is 0.333. The van der Waals surface area contributed by atoms with Gasteiger partial charge in [0, 0.05) is 0 Å². The minimum Gasteiger partial charge on any atom is -0.480 e. The van der Waals surface area contributed by atoms with Gasteiger partial charge < -0.3 is 9.84 Å². The van der Waals surface area contributed by atoms with Crippen LogP contribution in [0.5, 0.6) is 5.88 Å². The number of hydrogen-bond acceptors (Lipinski definition) is 3. The fourth-order valence-corrected chi connectivity index (χ4v) is 1.07. The van der Waals surface area contributed by atoms with Crippen molar-refractivity contribution in [2.75, 3.05) is 7.11 Å². The Hall–Kier alpha value is -1.10. The molecule has 0 spiro atoms. The van der Waals surface area contributed by atoms with Crippen molar-refractivity contribution in [1.29, 1.82) is 0 Å². The van der Waals surface area contributed by atoms with E-state index < -0.39 is 5.97 Å². The summed E-state index contributed by atoms with van der Waals surface area (Å²) in [5, 5.41) is 8.56. The van der Waals surface area contributed by atoms with Crippen LogP contribution in [-0.4, -0.2) is 23.2 Å². The Balaban J connectivity index is 0.000000791. The maximum absolute atomic E-state index is 10.4. The predicted molar refractivity (Wildman–Crippen MR) is 56.8 cm³/mol. The lowest BCUT2D eigenvalue weighted by molar-refractivity contribution is 0.0689. The summed E-state index contributed by atoms with van der Waals surface area (Å²) in [5.41, 5.74) is -0.0324. The number of nitrogens with zero attached hydrogens (tertiary/aromatic N) is 1. The molecule has 0 fully saturated rings. The van der Waals surface area contributed by atoms with Gasteiger partial charge in [0.2, 0.25) is 5.88 Å². The molecule has 0 saturated heterocycles. The minimum absolute atomic E-state index is 0.0324. The minimum atomic E-state index is -1.07. The third kappa shape index (κ3) is 3.33. The summed E-state index contributed by atoms with van der Waals surface area (Å²) in [5.74, 6) is -0.796. The van der Waals surface area contributed by atoms with Crippen molar-refractivity contribution >= 4 is 21.9 Å². The average Bonchev–Trinajstić information content (AvgIpc) is 2.21. The number of carboxylic acids is 1. The predicted octanol–water partition coefficient (Wildman–Crippen LogP) is 2.58. The van der Waals surface area contributed by atoms with Crippen LogP contribution in [0.1, 0.15) is 24.3 Å². The van der Waals surface area contributed by atoms with E-state index >= 15 is 0 Å². The lowest BCUT2D eigenvalue weighted by Gasteiger charge is -2.01. The smallest absolute Gasteiger partial charge is 0.354 e. The molecule has 5 heteroatoms. The standard InChI is InChI=1S/C7H6BrNO3.C2H6/c1-12-6-4(8)2-3-5(9-6)7(10)11;1-2/h2-3H,1H3,(H,10,11);1-2H3. The molecule has 4 nitrogen and oxygen atoms in total. The second-order valence-corrected chi connectivity index (χ2v) is 2.85. The summed E-state index contributed by atoms with van der Waals surface area (Å²) >= 11 is 3.16. The van der Waals surface area contributed by atoms with Crippen molar-refractivity contribution in [3.63, 3.8) is 0 Å². The summed E-state index contributed by atoms with van der Waals surface area (Å²) < 4.78 is 5.45. The molecule has 0 amide bonds. The van der Waals surface area contributed by atoms with Gasteiger partial charge in [0.25, 0.3) is 0 Å². The number of methoxy groups -OCH3 is 1. The van der Waals surface area contributed by atoms with Gasteiger partial charge >= 0.3 is 5.97 Å². The van der Waals surface area contributed by atoms with Crippen LogP contribution in [0.15, 0.2) is 16.6 Å². The molecule has 0 aliphatic carbocycles. The van der Waals surface area contributed by atoms with E-state index in [1.807, 2.05) is 13.8 Å². The number of pyridine rings is 1. The van der Waals surface area contributed by atoms with Crippen molar-refractivity contribution in [1.82, 2.24) is 4.98 Å².